The molecule has 0 spiro atoms. The zero-order chi connectivity index (χ0) is 12.3. The van der Waals surface area contributed by atoms with Crippen molar-refractivity contribution in [2.24, 2.45) is 0 Å². The highest BCUT2D eigenvalue weighted by molar-refractivity contribution is 5.51. The van der Waals surface area contributed by atoms with Gasteiger partial charge in [-0.3, -0.25) is 0 Å². The van der Waals surface area contributed by atoms with Crippen molar-refractivity contribution < 1.29 is 4.39 Å². The molecule has 2 nitrogen and oxygen atoms in total. The molecule has 0 amide bonds. The monoisotopic (exact) mass is 236 g/mol. The molecule has 1 N–H and O–H groups in total. The average molecular weight is 236 g/mol. The summed E-state index contributed by atoms with van der Waals surface area (Å²) >= 11 is 0. The molecule has 0 aromatic heterocycles. The van der Waals surface area contributed by atoms with Crippen molar-refractivity contribution in [2.75, 3.05) is 25.5 Å². The minimum Gasteiger partial charge on any atom is -0.382 e. The Morgan fingerprint density at radius 1 is 1.29 bits per heavy atom. The molecule has 3 heteroatoms. The molecule has 17 heavy (non-hydrogen) atoms. The van der Waals surface area contributed by atoms with Crippen LogP contribution in [0.15, 0.2) is 18.2 Å². The third-order valence-electron chi connectivity index (χ3n) is 3.58. The summed E-state index contributed by atoms with van der Waals surface area (Å²) in [6.45, 7) is 4.12. The number of hydrogen-bond acceptors (Lipinski definition) is 2. The van der Waals surface area contributed by atoms with Crippen molar-refractivity contribution in [3.05, 3.63) is 29.6 Å². The van der Waals surface area contributed by atoms with E-state index in [1.54, 1.807) is 6.07 Å². The lowest BCUT2D eigenvalue weighted by molar-refractivity contribution is 0.348. The summed E-state index contributed by atoms with van der Waals surface area (Å²) < 4.78 is 13.4. The van der Waals surface area contributed by atoms with Gasteiger partial charge in [0, 0.05) is 17.3 Å². The molecule has 1 aromatic carbocycles. The summed E-state index contributed by atoms with van der Waals surface area (Å²) in [6.07, 6.45) is 3.51. The number of benzene rings is 1. The van der Waals surface area contributed by atoms with Gasteiger partial charge >= 0.3 is 0 Å². The Morgan fingerprint density at radius 2 is 2.12 bits per heavy atom. The van der Waals surface area contributed by atoms with E-state index in [-0.39, 0.29) is 5.82 Å². The second-order valence-electron chi connectivity index (χ2n) is 4.99. The van der Waals surface area contributed by atoms with E-state index in [0.29, 0.717) is 6.04 Å². The first-order valence-electron chi connectivity index (χ1n) is 6.37. The van der Waals surface area contributed by atoms with E-state index in [4.69, 9.17) is 0 Å². The molecule has 1 heterocycles. The topological polar surface area (TPSA) is 15.3 Å². The van der Waals surface area contributed by atoms with Crippen molar-refractivity contribution in [3.63, 3.8) is 0 Å². The van der Waals surface area contributed by atoms with E-state index in [1.165, 1.54) is 25.5 Å². The number of likely N-dealkylation sites (tertiary alicyclic amines) is 1. The van der Waals surface area contributed by atoms with Crippen LogP contribution < -0.4 is 5.32 Å². The van der Waals surface area contributed by atoms with Crippen LogP contribution in [0.5, 0.6) is 0 Å². The Morgan fingerprint density at radius 3 is 2.94 bits per heavy atom. The van der Waals surface area contributed by atoms with Gasteiger partial charge in [-0.2, -0.15) is 0 Å². The molecule has 0 bridgehead atoms. The lowest BCUT2D eigenvalue weighted by atomic mass is 10.1. The summed E-state index contributed by atoms with van der Waals surface area (Å²) in [5, 5.41) is 3.48. The summed E-state index contributed by atoms with van der Waals surface area (Å²) in [5.41, 5.74) is 1.67. The summed E-state index contributed by atoms with van der Waals surface area (Å²) in [4.78, 5) is 2.36. The molecule has 1 aliphatic rings. The first kappa shape index (κ1) is 12.4. The molecule has 1 atom stereocenters. The van der Waals surface area contributed by atoms with Crippen LogP contribution in [0.25, 0.3) is 0 Å². The quantitative estimate of drug-likeness (QED) is 0.849. The molecule has 1 fully saturated rings. The van der Waals surface area contributed by atoms with Gasteiger partial charge in [0.25, 0.3) is 0 Å². The number of hydrogen-bond donors (Lipinski definition) is 1. The van der Waals surface area contributed by atoms with Crippen LogP contribution in [-0.2, 0) is 0 Å². The van der Waals surface area contributed by atoms with Gasteiger partial charge in [-0.15, -0.1) is 0 Å². The minimum absolute atomic E-state index is 0.124. The van der Waals surface area contributed by atoms with E-state index < -0.39 is 0 Å². The lowest BCUT2D eigenvalue weighted by Gasteiger charge is -2.19. The van der Waals surface area contributed by atoms with E-state index in [0.717, 1.165) is 24.2 Å². The average Bonchev–Trinajstić information content (AvgIpc) is 2.50. The highest BCUT2D eigenvalue weighted by Gasteiger charge is 2.15. The standard InChI is InChI=1S/C14H21FN2/c1-11-13(15)6-3-7-14(11)16-12-5-4-9-17(2)10-8-12/h3,6-7,12,16H,4-5,8-10H2,1-2H3. The van der Waals surface area contributed by atoms with Gasteiger partial charge in [-0.05, 0) is 58.5 Å². The maximum atomic E-state index is 13.4. The maximum absolute atomic E-state index is 13.4. The molecule has 1 aliphatic heterocycles. The van der Waals surface area contributed by atoms with Crippen LogP contribution in [0.4, 0.5) is 10.1 Å². The second-order valence-corrected chi connectivity index (χ2v) is 4.99. The molecule has 1 aromatic rings. The van der Waals surface area contributed by atoms with Gasteiger partial charge in [-0.25, -0.2) is 4.39 Å². The molecular formula is C14H21FN2. The molecule has 0 radical (unpaired) electrons. The third kappa shape index (κ3) is 3.19. The summed E-state index contributed by atoms with van der Waals surface area (Å²) in [5.74, 6) is -0.124. The van der Waals surface area contributed by atoms with Gasteiger partial charge < -0.3 is 10.2 Å². The second kappa shape index (κ2) is 5.50. The van der Waals surface area contributed by atoms with Gasteiger partial charge in [0.1, 0.15) is 5.82 Å². The van der Waals surface area contributed by atoms with Gasteiger partial charge in [0.05, 0.1) is 0 Å². The first-order valence-corrected chi connectivity index (χ1v) is 6.37. The number of anilines is 1. The normalized spacial score (nSPS) is 22.2. The summed E-state index contributed by atoms with van der Waals surface area (Å²) in [7, 11) is 2.16. The maximum Gasteiger partial charge on any atom is 0.128 e. The van der Waals surface area contributed by atoms with Crippen molar-refractivity contribution in [2.45, 2.75) is 32.2 Å². The molecule has 1 unspecified atom stereocenters. The van der Waals surface area contributed by atoms with Crippen molar-refractivity contribution >= 4 is 5.69 Å². The molecule has 0 saturated carbocycles. The molecule has 0 aliphatic carbocycles. The third-order valence-corrected chi connectivity index (χ3v) is 3.58. The number of nitrogens with zero attached hydrogens (tertiary/aromatic N) is 1. The zero-order valence-corrected chi connectivity index (χ0v) is 10.7. The Kier molecular flexibility index (Phi) is 4.00. The van der Waals surface area contributed by atoms with Crippen molar-refractivity contribution in [1.82, 2.24) is 4.90 Å². The summed E-state index contributed by atoms with van der Waals surface area (Å²) in [6, 6.07) is 5.72. The van der Waals surface area contributed by atoms with E-state index in [1.807, 2.05) is 13.0 Å². The number of rotatable bonds is 2. The smallest absolute Gasteiger partial charge is 0.128 e. The minimum atomic E-state index is -0.124. The molecule has 1 saturated heterocycles. The van der Waals surface area contributed by atoms with Crippen molar-refractivity contribution in [3.8, 4) is 0 Å². The van der Waals surface area contributed by atoms with Gasteiger partial charge in [0.2, 0.25) is 0 Å². The predicted octanol–water partition coefficient (Wildman–Crippen LogP) is 3.03. The van der Waals surface area contributed by atoms with E-state index in [2.05, 4.69) is 17.3 Å². The number of nitrogens with one attached hydrogen (secondary N) is 1. The predicted molar refractivity (Wildman–Crippen MR) is 69.9 cm³/mol. The van der Waals surface area contributed by atoms with E-state index >= 15 is 0 Å². The van der Waals surface area contributed by atoms with E-state index in [9.17, 15) is 4.39 Å². The van der Waals surface area contributed by atoms with Gasteiger partial charge in [-0.1, -0.05) is 6.07 Å². The molecular weight excluding hydrogens is 215 g/mol. The van der Waals surface area contributed by atoms with Crippen LogP contribution in [0.2, 0.25) is 0 Å². The SMILES string of the molecule is Cc1c(F)cccc1NC1CCCN(C)CC1. The van der Waals surface area contributed by atoms with Crippen LogP contribution in [0.1, 0.15) is 24.8 Å². The Bertz CT molecular complexity index is 378. The Hall–Kier alpha value is -1.09. The number of halogens is 1. The Balaban J connectivity index is 2.02. The Labute approximate surface area is 103 Å². The lowest BCUT2D eigenvalue weighted by Crippen LogP contribution is -2.23. The zero-order valence-electron chi connectivity index (χ0n) is 10.7. The van der Waals surface area contributed by atoms with Crippen LogP contribution in [-0.4, -0.2) is 31.1 Å². The fourth-order valence-electron chi connectivity index (χ4n) is 2.37. The first-order chi connectivity index (χ1) is 8.16. The van der Waals surface area contributed by atoms with Crippen LogP contribution in [0, 0.1) is 12.7 Å². The fraction of sp³-hybridized carbons (Fsp3) is 0.571. The molecule has 2 rings (SSSR count). The van der Waals surface area contributed by atoms with Gasteiger partial charge in [0.15, 0.2) is 0 Å². The molecule has 94 valence electrons. The van der Waals surface area contributed by atoms with Crippen molar-refractivity contribution in [1.29, 1.82) is 0 Å². The highest BCUT2D eigenvalue weighted by Crippen LogP contribution is 2.21. The van der Waals surface area contributed by atoms with Crippen LogP contribution in [0.3, 0.4) is 0 Å². The fourth-order valence-corrected chi connectivity index (χ4v) is 2.37. The van der Waals surface area contributed by atoms with Crippen LogP contribution >= 0.6 is 0 Å². The highest BCUT2D eigenvalue weighted by atomic mass is 19.1. The largest absolute Gasteiger partial charge is 0.382 e.